The summed E-state index contributed by atoms with van der Waals surface area (Å²) in [7, 11) is -1.16. The Morgan fingerprint density at radius 2 is 1.50 bits per heavy atom. The van der Waals surface area contributed by atoms with E-state index in [1.807, 2.05) is 5.20 Å². The van der Waals surface area contributed by atoms with Crippen LogP contribution in [0.1, 0.15) is 66.7 Å². The second kappa shape index (κ2) is 10.0. The molecule has 1 heterocycles. The van der Waals surface area contributed by atoms with E-state index in [1.165, 1.54) is 36.8 Å². The first kappa shape index (κ1) is 25.9. The Labute approximate surface area is 214 Å². The maximum atomic E-state index is 2.54. The molecule has 0 fully saturated rings. The van der Waals surface area contributed by atoms with E-state index < -0.39 is 8.07 Å². The van der Waals surface area contributed by atoms with Gasteiger partial charge in [-0.3, -0.25) is 0 Å². The van der Waals surface area contributed by atoms with Crippen molar-refractivity contribution < 1.29 is 51.0 Å². The van der Waals surface area contributed by atoms with Crippen molar-refractivity contribution in [1.82, 2.24) is 0 Å². The van der Waals surface area contributed by atoms with Gasteiger partial charge in [0.1, 0.15) is 8.07 Å². The standard InChI is InChI=1S/C26H29Si.2ClH.Zr/c1-18(12-14-20-16-15-19-8-4-5-9-21(19)20)13-17-24-22-10-6-7-11-23(22)25-26(24)27(25,2)3;;;/h4-11,15-16,20,24H,12-14,17H2,1-3H3;2*1H;/q-1;;;+3/p-2. The van der Waals surface area contributed by atoms with Crippen molar-refractivity contribution in [3.8, 4) is 0 Å². The number of benzene rings is 2. The first-order valence-corrected chi connectivity index (χ1v) is 13.5. The largest absolute Gasteiger partial charge is 3.00 e. The Balaban J connectivity index is 0.00000107. The van der Waals surface area contributed by atoms with Gasteiger partial charge in [0, 0.05) is 11.8 Å². The van der Waals surface area contributed by atoms with Crippen LogP contribution >= 0.6 is 0 Å². The first-order chi connectivity index (χ1) is 13.1. The monoisotopic (exact) mass is 529 g/mol. The van der Waals surface area contributed by atoms with Crippen molar-refractivity contribution >= 4 is 19.3 Å². The van der Waals surface area contributed by atoms with Gasteiger partial charge >= 0.3 is 26.2 Å². The summed E-state index contributed by atoms with van der Waals surface area (Å²) in [5.74, 6) is 3.02. The minimum atomic E-state index is -1.16. The summed E-state index contributed by atoms with van der Waals surface area (Å²) in [5.41, 5.74) is 6.16. The van der Waals surface area contributed by atoms with Gasteiger partial charge in [-0.15, -0.1) is 0 Å². The Bertz CT molecular complexity index is 963. The molecule has 0 aromatic heterocycles. The van der Waals surface area contributed by atoms with Gasteiger partial charge in [-0.2, -0.15) is 19.8 Å². The topological polar surface area (TPSA) is 0 Å². The van der Waals surface area contributed by atoms with Gasteiger partial charge in [-0.25, -0.2) is 0 Å². The molecule has 4 heteroatoms. The van der Waals surface area contributed by atoms with Crippen molar-refractivity contribution in [2.75, 3.05) is 0 Å². The fraction of sp³-hybridized carbons (Fsp3) is 0.346. The van der Waals surface area contributed by atoms with Crippen LogP contribution in [0, 0.1) is 5.92 Å². The number of fused-ring (bicyclic) bond motifs is 3. The molecule has 1 radical (unpaired) electrons. The molecular weight excluding hydrogens is 503 g/mol. The van der Waals surface area contributed by atoms with Gasteiger partial charge in [-0.05, 0) is 22.3 Å². The number of halogens is 2. The number of rotatable bonds is 6. The molecule has 0 nitrogen and oxygen atoms in total. The molecule has 0 amide bonds. The summed E-state index contributed by atoms with van der Waals surface area (Å²) in [6, 6.07) is 18.1. The molecule has 2 aromatic rings. The SMILES string of the molecule is C[C-](CCC1C=Cc2ccccc21)CCC1C2=C(c3ccccc31)[Si]2(C)C.[Cl-].[Cl-].[Zr+3]. The van der Waals surface area contributed by atoms with Crippen molar-refractivity contribution in [2.24, 2.45) is 0 Å². The van der Waals surface area contributed by atoms with Crippen LogP contribution in [0.15, 0.2) is 59.8 Å². The first-order valence-electron chi connectivity index (χ1n) is 10.5. The Morgan fingerprint density at radius 3 is 2.27 bits per heavy atom. The summed E-state index contributed by atoms with van der Waals surface area (Å²) in [5, 5.41) is 3.65. The molecule has 2 unspecified atom stereocenters. The minimum absolute atomic E-state index is 0. The van der Waals surface area contributed by atoms with Crippen LogP contribution in [-0.2, 0) is 26.2 Å². The predicted octanol–water partition coefficient (Wildman–Crippen LogP) is 1.31. The maximum absolute atomic E-state index is 2.54. The third kappa shape index (κ3) is 4.40. The van der Waals surface area contributed by atoms with Crippen LogP contribution in [0.3, 0.4) is 0 Å². The summed E-state index contributed by atoms with van der Waals surface area (Å²) in [6.45, 7) is 7.47. The summed E-state index contributed by atoms with van der Waals surface area (Å²) in [6.07, 6.45) is 9.81. The molecule has 1 aliphatic heterocycles. The maximum Gasteiger partial charge on any atom is 3.00 e. The molecular formula is C26H29Cl2SiZr. The zero-order chi connectivity index (χ0) is 18.6. The van der Waals surface area contributed by atoms with Gasteiger partial charge in [0.15, 0.2) is 0 Å². The Morgan fingerprint density at radius 1 is 0.867 bits per heavy atom. The van der Waals surface area contributed by atoms with E-state index in [9.17, 15) is 0 Å². The van der Waals surface area contributed by atoms with Gasteiger partial charge < -0.3 is 30.7 Å². The van der Waals surface area contributed by atoms with Crippen LogP contribution in [0.4, 0.5) is 0 Å². The van der Waals surface area contributed by atoms with Crippen molar-refractivity contribution in [3.05, 3.63) is 88.0 Å². The third-order valence-corrected chi connectivity index (χ3v) is 10.6. The molecule has 155 valence electrons. The van der Waals surface area contributed by atoms with Crippen LogP contribution < -0.4 is 24.8 Å². The number of allylic oxidation sites excluding steroid dienone is 2. The van der Waals surface area contributed by atoms with Crippen LogP contribution in [0.5, 0.6) is 0 Å². The van der Waals surface area contributed by atoms with Crippen molar-refractivity contribution in [2.45, 2.75) is 57.5 Å². The molecule has 30 heavy (non-hydrogen) atoms. The molecule has 0 saturated carbocycles. The average molecular weight is 532 g/mol. The van der Waals surface area contributed by atoms with E-state index in [0.29, 0.717) is 5.92 Å². The van der Waals surface area contributed by atoms with Gasteiger partial charge in [-0.1, -0.05) is 97.0 Å². The molecule has 2 aliphatic carbocycles. The zero-order valence-electron chi connectivity index (χ0n) is 18.0. The summed E-state index contributed by atoms with van der Waals surface area (Å²) >= 11 is 0. The molecule has 0 spiro atoms. The Kier molecular flexibility index (Phi) is 8.65. The molecule has 3 aliphatic rings. The van der Waals surface area contributed by atoms with E-state index in [2.05, 4.69) is 80.7 Å². The smallest absolute Gasteiger partial charge is 1.00 e. The molecule has 0 N–H and O–H groups in total. The Hall–Kier alpha value is -0.400. The van der Waals surface area contributed by atoms with Crippen molar-refractivity contribution in [1.29, 1.82) is 0 Å². The van der Waals surface area contributed by atoms with Gasteiger partial charge in [0.2, 0.25) is 0 Å². The zero-order valence-corrected chi connectivity index (χ0v) is 23.0. The minimum Gasteiger partial charge on any atom is -1.00 e. The number of hydrogen-bond acceptors (Lipinski definition) is 0. The summed E-state index contributed by atoms with van der Waals surface area (Å²) in [4.78, 5) is 0. The van der Waals surface area contributed by atoms with Gasteiger partial charge in [0.05, 0.1) is 0 Å². The van der Waals surface area contributed by atoms with E-state index in [-0.39, 0.29) is 51.0 Å². The van der Waals surface area contributed by atoms with Crippen LogP contribution in [-0.4, -0.2) is 8.07 Å². The average Bonchev–Trinajstić information content (AvgIpc) is 3.01. The predicted molar refractivity (Wildman–Crippen MR) is 119 cm³/mol. The van der Waals surface area contributed by atoms with E-state index in [4.69, 9.17) is 0 Å². The second-order valence-corrected chi connectivity index (χ2v) is 13.5. The summed E-state index contributed by atoms with van der Waals surface area (Å²) < 4.78 is 0. The number of hydrogen-bond donors (Lipinski definition) is 0. The molecule has 5 rings (SSSR count). The third-order valence-electron chi connectivity index (χ3n) is 7.10. The second-order valence-electron chi connectivity index (χ2n) is 9.18. The normalized spacial score (nSPS) is 21.2. The molecule has 0 bridgehead atoms. The van der Waals surface area contributed by atoms with Crippen molar-refractivity contribution in [3.63, 3.8) is 0 Å². The fourth-order valence-corrected chi connectivity index (χ4v) is 9.69. The fourth-order valence-electron chi connectivity index (χ4n) is 5.57. The van der Waals surface area contributed by atoms with E-state index in [0.717, 1.165) is 5.92 Å². The van der Waals surface area contributed by atoms with Crippen LogP contribution in [0.2, 0.25) is 13.1 Å². The quantitative estimate of drug-likeness (QED) is 0.390. The molecule has 0 saturated heterocycles. The molecule has 2 atom stereocenters. The molecule has 2 aromatic carbocycles. The van der Waals surface area contributed by atoms with E-state index in [1.54, 1.807) is 22.2 Å². The van der Waals surface area contributed by atoms with Crippen LogP contribution in [0.25, 0.3) is 11.3 Å². The van der Waals surface area contributed by atoms with Gasteiger partial charge in [0.25, 0.3) is 0 Å². The van der Waals surface area contributed by atoms with E-state index >= 15 is 0 Å².